The lowest BCUT2D eigenvalue weighted by Crippen LogP contribution is -2.53. The van der Waals surface area contributed by atoms with Crippen molar-refractivity contribution < 1.29 is 0 Å². The van der Waals surface area contributed by atoms with Gasteiger partial charge in [0.05, 0.1) is 0 Å². The molecule has 0 bridgehead atoms. The quantitative estimate of drug-likeness (QED) is 0.805. The van der Waals surface area contributed by atoms with Gasteiger partial charge in [0.15, 0.2) is 0 Å². The molecule has 1 saturated heterocycles. The highest BCUT2D eigenvalue weighted by Gasteiger charge is 2.26. The molecule has 0 aromatic heterocycles. The summed E-state index contributed by atoms with van der Waals surface area (Å²) in [6.07, 6.45) is 1.24. The molecule has 2 unspecified atom stereocenters. The highest BCUT2D eigenvalue weighted by molar-refractivity contribution is 7.99. The Morgan fingerprint density at radius 3 is 2.74 bits per heavy atom. The van der Waals surface area contributed by atoms with Crippen LogP contribution in [0.4, 0.5) is 0 Å². The highest BCUT2D eigenvalue weighted by atomic mass is 32.2. The standard InChI is InChI=1S/C16H26N2S/c1-3-15-12-17-16(14-8-6-5-7-9-14)13-18(15)10-11-19-4-2/h5-9,15-17H,3-4,10-13H2,1-2H3. The molecule has 1 aromatic carbocycles. The van der Waals surface area contributed by atoms with Gasteiger partial charge < -0.3 is 5.32 Å². The molecule has 1 aromatic rings. The summed E-state index contributed by atoms with van der Waals surface area (Å²) < 4.78 is 0. The fraction of sp³-hybridized carbons (Fsp3) is 0.625. The van der Waals surface area contributed by atoms with Gasteiger partial charge in [-0.1, -0.05) is 44.2 Å². The molecule has 0 aliphatic carbocycles. The molecule has 1 aliphatic rings. The topological polar surface area (TPSA) is 15.3 Å². The molecular formula is C16H26N2S. The third kappa shape index (κ3) is 4.23. The maximum Gasteiger partial charge on any atom is 0.0449 e. The summed E-state index contributed by atoms with van der Waals surface area (Å²) in [5, 5.41) is 3.71. The molecule has 0 radical (unpaired) electrons. The molecule has 1 N–H and O–H groups in total. The van der Waals surface area contributed by atoms with Crippen molar-refractivity contribution in [3.63, 3.8) is 0 Å². The molecular weight excluding hydrogens is 252 g/mol. The monoisotopic (exact) mass is 278 g/mol. The summed E-state index contributed by atoms with van der Waals surface area (Å²) in [6, 6.07) is 12.1. The van der Waals surface area contributed by atoms with Crippen molar-refractivity contribution in [2.24, 2.45) is 0 Å². The second kappa shape index (κ2) is 7.93. The Hall–Kier alpha value is -0.510. The van der Waals surface area contributed by atoms with E-state index < -0.39 is 0 Å². The molecule has 1 fully saturated rings. The third-order valence-corrected chi connectivity index (χ3v) is 4.81. The van der Waals surface area contributed by atoms with Gasteiger partial charge in [0.1, 0.15) is 0 Å². The Bertz CT molecular complexity index is 355. The molecule has 0 amide bonds. The van der Waals surface area contributed by atoms with Crippen LogP contribution in [-0.4, -0.2) is 42.1 Å². The normalized spacial score (nSPS) is 24.5. The molecule has 106 valence electrons. The maximum atomic E-state index is 3.71. The van der Waals surface area contributed by atoms with Crippen LogP contribution in [0.3, 0.4) is 0 Å². The lowest BCUT2D eigenvalue weighted by Gasteiger charge is -2.40. The van der Waals surface area contributed by atoms with E-state index in [0.29, 0.717) is 12.1 Å². The number of hydrogen-bond donors (Lipinski definition) is 1. The van der Waals surface area contributed by atoms with Gasteiger partial charge in [-0.25, -0.2) is 0 Å². The summed E-state index contributed by atoms with van der Waals surface area (Å²) in [4.78, 5) is 2.68. The average Bonchev–Trinajstić information content (AvgIpc) is 2.48. The Labute approximate surface area is 122 Å². The van der Waals surface area contributed by atoms with E-state index in [0.717, 1.165) is 13.1 Å². The maximum absolute atomic E-state index is 3.71. The molecule has 0 saturated carbocycles. The lowest BCUT2D eigenvalue weighted by atomic mass is 10.0. The van der Waals surface area contributed by atoms with Crippen molar-refractivity contribution in [1.82, 2.24) is 10.2 Å². The van der Waals surface area contributed by atoms with Crippen molar-refractivity contribution >= 4 is 11.8 Å². The van der Waals surface area contributed by atoms with Gasteiger partial charge in [-0.05, 0) is 17.7 Å². The van der Waals surface area contributed by atoms with Crippen LogP contribution >= 0.6 is 11.8 Å². The first kappa shape index (κ1) is 14.9. The fourth-order valence-corrected chi connectivity index (χ4v) is 3.42. The summed E-state index contributed by atoms with van der Waals surface area (Å²) in [6.45, 7) is 8.03. The van der Waals surface area contributed by atoms with Crippen molar-refractivity contribution in [3.8, 4) is 0 Å². The molecule has 1 heterocycles. The van der Waals surface area contributed by atoms with Gasteiger partial charge in [-0.3, -0.25) is 4.90 Å². The van der Waals surface area contributed by atoms with Crippen LogP contribution in [0.1, 0.15) is 31.9 Å². The molecule has 1 aliphatic heterocycles. The van der Waals surface area contributed by atoms with E-state index >= 15 is 0 Å². The summed E-state index contributed by atoms with van der Waals surface area (Å²) in [7, 11) is 0. The van der Waals surface area contributed by atoms with Gasteiger partial charge >= 0.3 is 0 Å². The van der Waals surface area contributed by atoms with Gasteiger partial charge in [0.25, 0.3) is 0 Å². The second-order valence-corrected chi connectivity index (χ2v) is 6.52. The predicted molar refractivity (Wildman–Crippen MR) is 85.8 cm³/mol. The van der Waals surface area contributed by atoms with Crippen LogP contribution < -0.4 is 5.32 Å². The number of nitrogens with zero attached hydrogens (tertiary/aromatic N) is 1. The van der Waals surface area contributed by atoms with Crippen LogP contribution in [0.5, 0.6) is 0 Å². The zero-order valence-corrected chi connectivity index (χ0v) is 13.0. The van der Waals surface area contributed by atoms with Crippen molar-refractivity contribution in [2.45, 2.75) is 32.4 Å². The van der Waals surface area contributed by atoms with Crippen LogP contribution in [0, 0.1) is 0 Å². The SMILES string of the molecule is CCSCCN1CC(c2ccccc2)NCC1CC. The average molecular weight is 278 g/mol. The van der Waals surface area contributed by atoms with E-state index in [2.05, 4.69) is 54.4 Å². The minimum absolute atomic E-state index is 0.496. The molecule has 2 rings (SSSR count). The van der Waals surface area contributed by atoms with Crippen LogP contribution in [0.15, 0.2) is 30.3 Å². The van der Waals surface area contributed by atoms with E-state index in [-0.39, 0.29) is 0 Å². The van der Waals surface area contributed by atoms with E-state index in [1.165, 1.54) is 30.0 Å². The van der Waals surface area contributed by atoms with Gasteiger partial charge in [0.2, 0.25) is 0 Å². The Morgan fingerprint density at radius 1 is 1.26 bits per heavy atom. The first-order valence-corrected chi connectivity index (χ1v) is 8.60. The van der Waals surface area contributed by atoms with Gasteiger partial charge in [-0.15, -0.1) is 0 Å². The molecule has 19 heavy (non-hydrogen) atoms. The number of benzene rings is 1. The zero-order valence-electron chi connectivity index (χ0n) is 12.1. The number of rotatable bonds is 6. The Morgan fingerprint density at radius 2 is 2.05 bits per heavy atom. The summed E-state index contributed by atoms with van der Waals surface area (Å²) >= 11 is 2.05. The zero-order chi connectivity index (χ0) is 13.5. The lowest BCUT2D eigenvalue weighted by molar-refractivity contribution is 0.135. The highest BCUT2D eigenvalue weighted by Crippen LogP contribution is 2.21. The first-order valence-electron chi connectivity index (χ1n) is 7.45. The van der Waals surface area contributed by atoms with Crippen LogP contribution in [0.2, 0.25) is 0 Å². The minimum Gasteiger partial charge on any atom is -0.307 e. The smallest absolute Gasteiger partial charge is 0.0449 e. The predicted octanol–water partition coefficient (Wildman–Crippen LogP) is 3.16. The van der Waals surface area contributed by atoms with E-state index in [9.17, 15) is 0 Å². The molecule has 2 nitrogen and oxygen atoms in total. The molecule has 3 heteroatoms. The number of nitrogens with one attached hydrogen (secondary N) is 1. The first-order chi connectivity index (χ1) is 9.35. The third-order valence-electron chi connectivity index (χ3n) is 3.93. The second-order valence-electron chi connectivity index (χ2n) is 5.13. The largest absolute Gasteiger partial charge is 0.307 e. The Balaban J connectivity index is 1.95. The van der Waals surface area contributed by atoms with Gasteiger partial charge in [0, 0.05) is 37.5 Å². The van der Waals surface area contributed by atoms with E-state index in [1.807, 2.05) is 11.8 Å². The van der Waals surface area contributed by atoms with Crippen molar-refractivity contribution in [1.29, 1.82) is 0 Å². The number of hydrogen-bond acceptors (Lipinski definition) is 3. The van der Waals surface area contributed by atoms with Gasteiger partial charge in [-0.2, -0.15) is 11.8 Å². The molecule has 2 atom stereocenters. The van der Waals surface area contributed by atoms with Crippen molar-refractivity contribution in [3.05, 3.63) is 35.9 Å². The summed E-state index contributed by atoms with van der Waals surface area (Å²) in [5.41, 5.74) is 1.42. The molecule has 0 spiro atoms. The number of piperazine rings is 1. The van der Waals surface area contributed by atoms with E-state index in [4.69, 9.17) is 0 Å². The van der Waals surface area contributed by atoms with Crippen molar-refractivity contribution in [2.75, 3.05) is 31.1 Å². The number of thioether (sulfide) groups is 1. The van der Waals surface area contributed by atoms with Crippen LogP contribution in [0.25, 0.3) is 0 Å². The summed E-state index contributed by atoms with van der Waals surface area (Å²) in [5.74, 6) is 2.49. The Kier molecular flexibility index (Phi) is 6.21. The van der Waals surface area contributed by atoms with E-state index in [1.54, 1.807) is 0 Å². The fourth-order valence-electron chi connectivity index (χ4n) is 2.77. The van der Waals surface area contributed by atoms with Crippen LogP contribution in [-0.2, 0) is 0 Å². The minimum atomic E-state index is 0.496.